The highest BCUT2D eigenvalue weighted by molar-refractivity contribution is 7.47. The van der Waals surface area contributed by atoms with Crippen LogP contribution in [0, 0.1) is 0 Å². The van der Waals surface area contributed by atoms with Crippen molar-refractivity contribution in [1.82, 2.24) is 0 Å². The molecule has 3 N–H and O–H groups in total. The van der Waals surface area contributed by atoms with Gasteiger partial charge in [-0.3, -0.25) is 37.3 Å². The predicted molar refractivity (Wildman–Crippen MR) is 445 cm³/mol. The minimum Gasteiger partial charge on any atom is -0.462 e. The fourth-order valence-electron chi connectivity index (χ4n) is 10.5. The first-order valence-electron chi connectivity index (χ1n) is 41.4. The molecule has 0 saturated heterocycles. The van der Waals surface area contributed by atoms with Crippen molar-refractivity contribution in [2.24, 2.45) is 0 Å². The average Bonchev–Trinajstić information content (AvgIpc) is 0.896. The zero-order valence-electron chi connectivity index (χ0n) is 67.2. The van der Waals surface area contributed by atoms with E-state index in [0.717, 1.165) is 167 Å². The summed E-state index contributed by atoms with van der Waals surface area (Å²) in [5.74, 6) is -2.38. The molecular formula is C89H146O17P2. The summed E-state index contributed by atoms with van der Waals surface area (Å²) in [5.41, 5.74) is 0. The molecule has 0 radical (unpaired) electrons. The number of carbonyl (C=O) groups excluding carboxylic acids is 4. The minimum atomic E-state index is -5.01. The van der Waals surface area contributed by atoms with E-state index >= 15 is 0 Å². The van der Waals surface area contributed by atoms with E-state index in [1.54, 1.807) is 6.08 Å². The first-order chi connectivity index (χ1) is 52.7. The Kier molecular flexibility index (Phi) is 75.4. The highest BCUT2D eigenvalue weighted by Crippen LogP contribution is 2.45. The molecule has 0 aliphatic carbocycles. The number of hydrogen-bond acceptors (Lipinski definition) is 15. The molecule has 0 rings (SSSR count). The molecule has 0 aromatic rings. The Bertz CT molecular complexity index is 2710. The number of phosphoric acid groups is 2. The molecule has 0 aromatic heterocycles. The normalized spacial score (nSPS) is 14.7. The summed E-state index contributed by atoms with van der Waals surface area (Å²) < 4.78 is 68.6. The standard InChI is InChI=1S/C89H146O17P2/c1-5-9-13-17-21-25-29-33-37-39-41-43-47-50-54-58-62-66-70-74-87(92)100-80-85(106-89(94)76-72-68-64-60-56-52-48-44-42-40-38-34-30-26-22-18-14-10-6-2)82-104-108(97,98)102-78-83(90)77-101-107(95,96)103-81-84(105-88(93)75-71-67-63-59-55-51-46-36-32-28-24-20-16-12-8-4)79-99-86(91)73-69-65-61-57-53-49-45-35-31-27-23-19-15-11-7-3/h9-11,13-15,21-23,25-27,33-35,37-38,41-45,50,53-54,57,65,69,83-85,90H,5-8,12,16-20,24,28-32,36,39-40,46-49,51-52,55-56,58-64,66-68,70-82H2,1-4H3,(H,95,96)(H,97,98)/b13-9-,14-10-,15-11-,25-21-,26-22-,27-23-,37-33-,38-34-,43-41-,44-42-,45-35-,54-50-,57-53-,69-65-. The molecular weight excluding hydrogens is 1400 g/mol. The first kappa shape index (κ1) is 102. The molecule has 0 spiro atoms. The highest BCUT2D eigenvalue weighted by Gasteiger charge is 2.30. The molecule has 0 saturated carbocycles. The summed E-state index contributed by atoms with van der Waals surface area (Å²) in [4.78, 5) is 73.1. The van der Waals surface area contributed by atoms with Crippen LogP contribution in [0.25, 0.3) is 0 Å². The van der Waals surface area contributed by atoms with Gasteiger partial charge in [-0.05, 0) is 135 Å². The Morgan fingerprint density at radius 3 is 0.833 bits per heavy atom. The third kappa shape index (κ3) is 78.5. The Morgan fingerprint density at radius 1 is 0.278 bits per heavy atom. The summed E-state index contributed by atoms with van der Waals surface area (Å²) in [5, 5.41) is 10.7. The topological polar surface area (TPSA) is 237 Å². The third-order valence-electron chi connectivity index (χ3n) is 16.7. The number of hydrogen-bond donors (Lipinski definition) is 3. The third-order valence-corrected chi connectivity index (χ3v) is 18.6. The first-order valence-corrected chi connectivity index (χ1v) is 44.4. The van der Waals surface area contributed by atoms with Crippen molar-refractivity contribution in [3.8, 4) is 0 Å². The molecule has 5 atom stereocenters. The van der Waals surface area contributed by atoms with Crippen molar-refractivity contribution >= 4 is 39.5 Å². The fraction of sp³-hybridized carbons (Fsp3) is 0.640. The second kappa shape index (κ2) is 79.5. The van der Waals surface area contributed by atoms with Gasteiger partial charge in [0, 0.05) is 19.3 Å². The van der Waals surface area contributed by atoms with Crippen LogP contribution in [-0.4, -0.2) is 96.7 Å². The second-order valence-electron chi connectivity index (χ2n) is 26.9. The maximum Gasteiger partial charge on any atom is 0.472 e. The van der Waals surface area contributed by atoms with Crippen LogP contribution in [0.3, 0.4) is 0 Å². The lowest BCUT2D eigenvalue weighted by atomic mass is 10.0. The van der Waals surface area contributed by atoms with Gasteiger partial charge in [-0.25, -0.2) is 9.13 Å². The summed E-state index contributed by atoms with van der Waals surface area (Å²) in [6.45, 7) is 4.38. The molecule has 0 aromatic carbocycles. The number of esters is 4. The van der Waals surface area contributed by atoms with E-state index in [0.29, 0.717) is 25.7 Å². The van der Waals surface area contributed by atoms with Crippen LogP contribution in [-0.2, 0) is 65.4 Å². The second-order valence-corrected chi connectivity index (χ2v) is 29.9. The number of unbranched alkanes of at least 4 members (excludes halogenated alkanes) is 23. The number of rotatable bonds is 76. The maximum absolute atomic E-state index is 13.1. The number of phosphoric ester groups is 2. The van der Waals surface area contributed by atoms with Gasteiger partial charge in [0.25, 0.3) is 0 Å². The minimum absolute atomic E-state index is 0.0630. The number of aliphatic hydroxyl groups excluding tert-OH is 1. The molecule has 108 heavy (non-hydrogen) atoms. The van der Waals surface area contributed by atoms with Gasteiger partial charge in [-0.2, -0.15) is 0 Å². The van der Waals surface area contributed by atoms with Gasteiger partial charge in [-0.1, -0.05) is 320 Å². The summed E-state index contributed by atoms with van der Waals surface area (Å²) in [7, 11) is -10.0. The van der Waals surface area contributed by atoms with Gasteiger partial charge in [0.2, 0.25) is 0 Å². The maximum atomic E-state index is 13.1. The van der Waals surface area contributed by atoms with Crippen molar-refractivity contribution in [3.63, 3.8) is 0 Å². The van der Waals surface area contributed by atoms with Gasteiger partial charge in [0.05, 0.1) is 32.8 Å². The molecule has 614 valence electrons. The van der Waals surface area contributed by atoms with Gasteiger partial charge in [-0.15, -0.1) is 0 Å². The van der Waals surface area contributed by atoms with Crippen LogP contribution >= 0.6 is 15.6 Å². The molecule has 0 bridgehead atoms. The Labute approximate surface area is 654 Å². The van der Waals surface area contributed by atoms with Crippen molar-refractivity contribution in [2.75, 3.05) is 39.6 Å². The van der Waals surface area contributed by atoms with Gasteiger partial charge >= 0.3 is 39.5 Å². The predicted octanol–water partition coefficient (Wildman–Crippen LogP) is 24.6. The Hall–Kier alpha value is -5.58. The molecule has 19 heteroatoms. The van der Waals surface area contributed by atoms with Crippen LogP contribution in [0.2, 0.25) is 0 Å². The number of ether oxygens (including phenoxy) is 4. The Balaban J connectivity index is 5.49. The summed E-state index contributed by atoms with van der Waals surface area (Å²) in [6, 6.07) is 0. The van der Waals surface area contributed by atoms with E-state index in [-0.39, 0.29) is 25.7 Å². The van der Waals surface area contributed by atoms with E-state index < -0.39 is 97.5 Å². The molecule has 17 nitrogen and oxygen atoms in total. The lowest BCUT2D eigenvalue weighted by molar-refractivity contribution is -0.161. The van der Waals surface area contributed by atoms with Crippen molar-refractivity contribution in [2.45, 2.75) is 329 Å². The number of aliphatic hydroxyl groups is 1. The van der Waals surface area contributed by atoms with Crippen molar-refractivity contribution in [3.05, 3.63) is 170 Å². The molecule has 5 unspecified atom stereocenters. The quantitative estimate of drug-likeness (QED) is 0.0169. The summed E-state index contributed by atoms with van der Waals surface area (Å²) in [6.07, 6.45) is 94.9. The number of allylic oxidation sites excluding steroid dienone is 27. The fourth-order valence-corrected chi connectivity index (χ4v) is 12.1. The van der Waals surface area contributed by atoms with E-state index in [1.165, 1.54) is 64.2 Å². The van der Waals surface area contributed by atoms with E-state index in [4.69, 9.17) is 37.0 Å². The largest absolute Gasteiger partial charge is 0.472 e. The van der Waals surface area contributed by atoms with E-state index in [2.05, 4.69) is 174 Å². The van der Waals surface area contributed by atoms with Gasteiger partial charge < -0.3 is 33.8 Å². The monoisotopic (exact) mass is 1550 g/mol. The van der Waals surface area contributed by atoms with E-state index in [9.17, 15) is 43.2 Å². The van der Waals surface area contributed by atoms with Crippen LogP contribution in [0.1, 0.15) is 310 Å². The van der Waals surface area contributed by atoms with E-state index in [1.807, 2.05) is 18.2 Å². The lowest BCUT2D eigenvalue weighted by Crippen LogP contribution is -2.30. The molecule has 0 aliphatic heterocycles. The van der Waals surface area contributed by atoms with Crippen LogP contribution < -0.4 is 0 Å². The lowest BCUT2D eigenvalue weighted by Gasteiger charge is -2.21. The SMILES string of the molecule is CC/C=C\C/C=C\C/C=C\C/C=C\C/C=C\CCCCCC(=O)OCC(COP(=O)(O)OCC(O)COP(=O)(O)OCC(COC(=O)C/C=C\C/C=C\C/C=C\C/C=C\C/C=C\CC)OC(=O)CCCCCCCCCCCCCCCCC)OC(=O)CCCCCCCC/C=C\C/C=C\C/C=C\C/C=C\CC. The smallest absolute Gasteiger partial charge is 0.462 e. The molecule has 0 amide bonds. The average molecular weight is 1550 g/mol. The molecule has 0 aliphatic rings. The Morgan fingerprint density at radius 2 is 0.519 bits per heavy atom. The van der Waals surface area contributed by atoms with Crippen molar-refractivity contribution < 1.29 is 80.2 Å². The van der Waals surface area contributed by atoms with Gasteiger partial charge in [0.15, 0.2) is 12.2 Å². The molecule has 0 fully saturated rings. The van der Waals surface area contributed by atoms with Crippen LogP contribution in [0.5, 0.6) is 0 Å². The zero-order chi connectivity index (χ0) is 78.9. The van der Waals surface area contributed by atoms with Gasteiger partial charge in [0.1, 0.15) is 19.3 Å². The molecule has 0 heterocycles. The highest BCUT2D eigenvalue weighted by atomic mass is 31.2. The zero-order valence-corrected chi connectivity index (χ0v) is 69.0. The van der Waals surface area contributed by atoms with Crippen LogP contribution in [0.15, 0.2) is 170 Å². The van der Waals surface area contributed by atoms with Crippen LogP contribution in [0.4, 0.5) is 0 Å². The van der Waals surface area contributed by atoms with Crippen molar-refractivity contribution in [1.29, 1.82) is 0 Å². The summed E-state index contributed by atoms with van der Waals surface area (Å²) >= 11 is 0. The number of carbonyl (C=O) groups is 4.